The maximum atomic E-state index is 12.8. The molecule has 1 aliphatic rings. The van der Waals surface area contributed by atoms with Crippen molar-refractivity contribution < 1.29 is 23.1 Å². The van der Waals surface area contributed by atoms with E-state index in [1.54, 1.807) is 38.2 Å². The fourth-order valence-corrected chi connectivity index (χ4v) is 6.14. The van der Waals surface area contributed by atoms with Crippen molar-refractivity contribution in [3.63, 3.8) is 0 Å². The van der Waals surface area contributed by atoms with Crippen molar-refractivity contribution in [1.29, 1.82) is 0 Å². The number of fused-ring (bicyclic) bond motifs is 1. The summed E-state index contributed by atoms with van der Waals surface area (Å²) in [5.41, 5.74) is 4.16. The fraction of sp³-hybridized carbons (Fsp3) is 0.355. The molecular formula is C31H35N5O5S. The number of hydrogen-bond donors (Lipinski definition) is 2. The molecule has 0 radical (unpaired) electrons. The van der Waals surface area contributed by atoms with Crippen LogP contribution in [0.25, 0.3) is 22.3 Å². The third-order valence-electron chi connectivity index (χ3n) is 7.23. The Bertz CT molecular complexity index is 1750. The van der Waals surface area contributed by atoms with Crippen LogP contribution in [-0.4, -0.2) is 65.9 Å². The zero-order valence-electron chi connectivity index (χ0n) is 24.3. The third-order valence-corrected chi connectivity index (χ3v) is 8.47. The van der Waals surface area contributed by atoms with E-state index in [0.717, 1.165) is 23.0 Å². The lowest BCUT2D eigenvalue weighted by Crippen LogP contribution is -2.45. The number of hydrogen-bond acceptors (Lipinski definition) is 9. The molecule has 3 atom stereocenters. The molecule has 4 heterocycles. The number of morpholine rings is 1. The first-order valence-electron chi connectivity index (χ1n) is 13.8. The van der Waals surface area contributed by atoms with Crippen LogP contribution in [0.15, 0.2) is 59.6 Å². The molecule has 5 rings (SSSR count). The molecule has 0 aliphatic carbocycles. The Labute approximate surface area is 245 Å². The molecule has 0 spiro atoms. The number of carbonyl (C=O) groups excluding carboxylic acids is 1. The third kappa shape index (κ3) is 6.59. The quantitative estimate of drug-likeness (QED) is 0.328. The van der Waals surface area contributed by atoms with E-state index in [0.29, 0.717) is 41.3 Å². The van der Waals surface area contributed by atoms with Gasteiger partial charge >= 0.3 is 0 Å². The zero-order chi connectivity index (χ0) is 30.2. The van der Waals surface area contributed by atoms with Crippen LogP contribution in [0.3, 0.4) is 0 Å². The van der Waals surface area contributed by atoms with Gasteiger partial charge in [0.2, 0.25) is 0 Å². The highest BCUT2D eigenvalue weighted by atomic mass is 32.2. The number of aromatic nitrogens is 3. The molecule has 3 aromatic heterocycles. The molecule has 4 aromatic rings. The minimum Gasteiger partial charge on any atom is -0.389 e. The van der Waals surface area contributed by atoms with Crippen LogP contribution in [-0.2, 0) is 21.1 Å². The molecule has 1 aromatic carbocycles. The van der Waals surface area contributed by atoms with Gasteiger partial charge in [-0.1, -0.05) is 6.07 Å². The molecular weight excluding hydrogens is 554 g/mol. The molecule has 2 N–H and O–H groups in total. The van der Waals surface area contributed by atoms with E-state index in [1.807, 2.05) is 38.1 Å². The number of sulfone groups is 1. The molecule has 1 amide bonds. The Kier molecular flexibility index (Phi) is 8.27. The summed E-state index contributed by atoms with van der Waals surface area (Å²) >= 11 is 0. The summed E-state index contributed by atoms with van der Waals surface area (Å²) in [5.74, 6) is 0.363. The van der Waals surface area contributed by atoms with E-state index in [-0.39, 0.29) is 29.2 Å². The Balaban J connectivity index is 1.40. The summed E-state index contributed by atoms with van der Waals surface area (Å²) < 4.78 is 30.0. The SMILES string of the molecule is Cc1ccc(C(=O)NCc2cc3nc(-c4cc(C(C)O)cc(N5C[C@@H](C)O[C@@H](C)C5)n4)ccc3cn2)cc1S(C)(=O)=O. The molecule has 1 aliphatic heterocycles. The second kappa shape index (κ2) is 11.7. The first-order chi connectivity index (χ1) is 19.9. The molecule has 1 saturated heterocycles. The number of aliphatic hydroxyl groups excluding tert-OH is 1. The van der Waals surface area contributed by atoms with Crippen LogP contribution in [0.2, 0.25) is 0 Å². The largest absolute Gasteiger partial charge is 0.389 e. The van der Waals surface area contributed by atoms with E-state index >= 15 is 0 Å². The summed E-state index contributed by atoms with van der Waals surface area (Å²) in [5, 5.41) is 14.1. The standard InChI is InChI=1S/C31H35N5O5S/c1-18-6-7-22(11-29(18)42(5,39)40)31(38)33-15-25-13-27-23(14-32-25)8-9-26(34-27)28-10-24(21(4)37)12-30(35-28)36-16-19(2)41-20(3)17-36/h6-14,19-21,37H,15-17H2,1-5H3,(H,33,38)/t19-,20+,21?. The van der Waals surface area contributed by atoms with Gasteiger partial charge in [-0.15, -0.1) is 0 Å². The Morgan fingerprint density at radius 3 is 2.50 bits per heavy atom. The number of ether oxygens (including phenoxy) is 1. The zero-order valence-corrected chi connectivity index (χ0v) is 25.1. The lowest BCUT2D eigenvalue weighted by atomic mass is 10.1. The summed E-state index contributed by atoms with van der Waals surface area (Å²) in [6, 6.07) is 14.0. The summed E-state index contributed by atoms with van der Waals surface area (Å²) in [6.45, 7) is 9.03. The van der Waals surface area contributed by atoms with Crippen LogP contribution >= 0.6 is 0 Å². The van der Waals surface area contributed by atoms with Crippen molar-refractivity contribution in [1.82, 2.24) is 20.3 Å². The average molecular weight is 590 g/mol. The Morgan fingerprint density at radius 2 is 1.81 bits per heavy atom. The van der Waals surface area contributed by atoms with Crippen LogP contribution in [0.4, 0.5) is 5.82 Å². The first kappa shape index (κ1) is 29.6. The van der Waals surface area contributed by atoms with Gasteiger partial charge in [0, 0.05) is 36.5 Å². The molecule has 0 bridgehead atoms. The van der Waals surface area contributed by atoms with Crippen molar-refractivity contribution in [3.05, 3.63) is 77.1 Å². The highest BCUT2D eigenvalue weighted by Crippen LogP contribution is 2.28. The van der Waals surface area contributed by atoms with Crippen molar-refractivity contribution in [2.45, 2.75) is 57.4 Å². The van der Waals surface area contributed by atoms with Gasteiger partial charge in [-0.25, -0.2) is 18.4 Å². The summed E-state index contributed by atoms with van der Waals surface area (Å²) in [4.78, 5) is 29.3. The number of aryl methyl sites for hydroxylation is 1. The smallest absolute Gasteiger partial charge is 0.251 e. The van der Waals surface area contributed by atoms with Gasteiger partial charge in [-0.2, -0.15) is 0 Å². The lowest BCUT2D eigenvalue weighted by Gasteiger charge is -2.36. The number of rotatable bonds is 7. The van der Waals surface area contributed by atoms with Gasteiger partial charge in [0.25, 0.3) is 5.91 Å². The number of pyridine rings is 3. The van der Waals surface area contributed by atoms with Crippen LogP contribution in [0, 0.1) is 6.92 Å². The number of aliphatic hydroxyl groups is 1. The Morgan fingerprint density at radius 1 is 1.07 bits per heavy atom. The molecule has 11 heteroatoms. The molecule has 220 valence electrons. The van der Waals surface area contributed by atoms with E-state index < -0.39 is 21.8 Å². The van der Waals surface area contributed by atoms with Gasteiger partial charge in [0.15, 0.2) is 9.84 Å². The normalized spacial score (nSPS) is 18.2. The van der Waals surface area contributed by atoms with Gasteiger partial charge in [0.1, 0.15) is 5.82 Å². The van der Waals surface area contributed by atoms with E-state index in [4.69, 9.17) is 14.7 Å². The monoisotopic (exact) mass is 589 g/mol. The second-order valence-corrected chi connectivity index (χ2v) is 13.0. The van der Waals surface area contributed by atoms with Gasteiger partial charge < -0.3 is 20.1 Å². The highest BCUT2D eigenvalue weighted by Gasteiger charge is 2.24. The Hall–Kier alpha value is -3.93. The molecule has 1 unspecified atom stereocenters. The van der Waals surface area contributed by atoms with E-state index in [2.05, 4.69) is 15.2 Å². The number of benzene rings is 1. The summed E-state index contributed by atoms with van der Waals surface area (Å²) in [7, 11) is -3.46. The first-order valence-corrected chi connectivity index (χ1v) is 15.7. The number of nitrogens with zero attached hydrogens (tertiary/aromatic N) is 4. The predicted molar refractivity (Wildman–Crippen MR) is 161 cm³/mol. The van der Waals surface area contributed by atoms with E-state index in [1.165, 1.54) is 6.07 Å². The maximum Gasteiger partial charge on any atom is 0.251 e. The molecule has 10 nitrogen and oxygen atoms in total. The van der Waals surface area contributed by atoms with Crippen LogP contribution < -0.4 is 10.2 Å². The average Bonchev–Trinajstić information content (AvgIpc) is 2.94. The van der Waals surface area contributed by atoms with Crippen molar-refractivity contribution >= 4 is 32.5 Å². The van der Waals surface area contributed by atoms with Crippen LogP contribution in [0.1, 0.15) is 54.1 Å². The minimum atomic E-state index is -3.46. The van der Waals surface area contributed by atoms with Gasteiger partial charge in [-0.3, -0.25) is 9.78 Å². The van der Waals surface area contributed by atoms with E-state index in [9.17, 15) is 18.3 Å². The van der Waals surface area contributed by atoms with Crippen molar-refractivity contribution in [3.8, 4) is 11.4 Å². The van der Waals surface area contributed by atoms with Crippen molar-refractivity contribution in [2.24, 2.45) is 0 Å². The number of carbonyl (C=O) groups is 1. The van der Waals surface area contributed by atoms with Crippen molar-refractivity contribution in [2.75, 3.05) is 24.2 Å². The minimum absolute atomic E-state index is 0.0622. The number of anilines is 1. The maximum absolute atomic E-state index is 12.8. The molecule has 1 fully saturated rings. The molecule has 42 heavy (non-hydrogen) atoms. The van der Waals surface area contributed by atoms with Gasteiger partial charge in [0.05, 0.1) is 52.4 Å². The summed E-state index contributed by atoms with van der Waals surface area (Å²) in [6.07, 6.45) is 2.27. The number of amides is 1. The number of nitrogens with one attached hydrogen (secondary N) is 1. The predicted octanol–water partition coefficient (Wildman–Crippen LogP) is 4.00. The molecule has 0 saturated carbocycles. The fourth-order valence-electron chi connectivity index (χ4n) is 5.15. The highest BCUT2D eigenvalue weighted by molar-refractivity contribution is 7.90. The second-order valence-electron chi connectivity index (χ2n) is 11.0. The van der Waals surface area contributed by atoms with Gasteiger partial charge in [-0.05, 0) is 81.3 Å². The van der Waals surface area contributed by atoms with Crippen LogP contribution in [0.5, 0.6) is 0 Å². The topological polar surface area (TPSA) is 135 Å². The lowest BCUT2D eigenvalue weighted by molar-refractivity contribution is -0.00546.